The second-order valence-electron chi connectivity index (χ2n) is 7.34. The molecule has 1 aliphatic heterocycles. The van der Waals surface area contributed by atoms with Gasteiger partial charge in [-0.3, -0.25) is 4.79 Å². The Balaban J connectivity index is 2.69. The summed E-state index contributed by atoms with van der Waals surface area (Å²) in [6, 6.07) is 2.02. The summed E-state index contributed by atoms with van der Waals surface area (Å²) in [5.41, 5.74) is 5.20. The maximum absolute atomic E-state index is 12.2. The zero-order valence-electron chi connectivity index (χ0n) is 13.4. The lowest BCUT2D eigenvalue weighted by Crippen LogP contribution is -2.59. The molecule has 114 valence electrons. The lowest BCUT2D eigenvalue weighted by Gasteiger charge is -2.41. The molecule has 1 fully saturated rings. The summed E-state index contributed by atoms with van der Waals surface area (Å²) in [4.78, 5) is 14.4. The van der Waals surface area contributed by atoms with Crippen LogP contribution in [0, 0.1) is 16.7 Å². The van der Waals surface area contributed by atoms with Gasteiger partial charge in [0.25, 0.3) is 0 Å². The fourth-order valence-corrected chi connectivity index (χ4v) is 2.67. The van der Waals surface area contributed by atoms with E-state index >= 15 is 0 Å². The first-order valence-corrected chi connectivity index (χ1v) is 7.28. The van der Waals surface area contributed by atoms with Gasteiger partial charge in [0.15, 0.2) is 0 Å². The first kappa shape index (κ1) is 16.9. The molecule has 1 amide bonds. The van der Waals surface area contributed by atoms with Crippen molar-refractivity contribution in [3.63, 3.8) is 0 Å². The molecular formula is C15H28N4O. The summed E-state index contributed by atoms with van der Waals surface area (Å²) in [5.74, 6) is -0.210. The summed E-state index contributed by atoms with van der Waals surface area (Å²) in [5, 5.41) is 12.4. The van der Waals surface area contributed by atoms with E-state index in [9.17, 15) is 10.1 Å². The molecular weight excluding hydrogens is 252 g/mol. The highest BCUT2D eigenvalue weighted by Crippen LogP contribution is 2.26. The van der Waals surface area contributed by atoms with Crippen LogP contribution in [0.1, 0.15) is 47.0 Å². The van der Waals surface area contributed by atoms with Gasteiger partial charge in [0, 0.05) is 12.6 Å². The van der Waals surface area contributed by atoms with Crippen molar-refractivity contribution in [2.45, 2.75) is 64.6 Å². The Bertz CT molecular complexity index is 396. The molecule has 5 nitrogen and oxygen atoms in total. The lowest BCUT2D eigenvalue weighted by atomic mass is 9.83. The Morgan fingerprint density at radius 3 is 2.65 bits per heavy atom. The molecule has 1 aliphatic rings. The van der Waals surface area contributed by atoms with Gasteiger partial charge in [0.1, 0.15) is 5.54 Å². The quantitative estimate of drug-likeness (QED) is 0.815. The average molecular weight is 280 g/mol. The van der Waals surface area contributed by atoms with E-state index in [1.807, 2.05) is 7.05 Å². The Morgan fingerprint density at radius 1 is 1.60 bits per heavy atom. The van der Waals surface area contributed by atoms with E-state index in [0.29, 0.717) is 19.3 Å². The van der Waals surface area contributed by atoms with Gasteiger partial charge in [-0.2, -0.15) is 5.26 Å². The maximum atomic E-state index is 12.2. The Kier molecular flexibility index (Phi) is 5.17. The highest BCUT2D eigenvalue weighted by Gasteiger charge is 2.39. The number of hydrogen-bond acceptors (Lipinski definition) is 4. The normalized spacial score (nSPS) is 29.6. The standard InChI is InChI=1S/C15H28N4O/c1-11-8-15(10-16,6-7-19(11)5)18-13(20)12(17)9-14(2,3)4/h11-12H,6-9,17H2,1-5H3,(H,18,20). The van der Waals surface area contributed by atoms with E-state index in [0.717, 1.165) is 6.54 Å². The summed E-state index contributed by atoms with van der Waals surface area (Å²) in [6.45, 7) is 9.05. The SMILES string of the molecule is CC1CC(C#N)(NC(=O)C(N)CC(C)(C)C)CCN1C. The van der Waals surface area contributed by atoms with E-state index < -0.39 is 11.6 Å². The minimum atomic E-state index is -0.765. The average Bonchev–Trinajstić information content (AvgIpc) is 2.32. The van der Waals surface area contributed by atoms with Crippen LogP contribution in [0.5, 0.6) is 0 Å². The van der Waals surface area contributed by atoms with Gasteiger partial charge in [-0.05, 0) is 38.6 Å². The van der Waals surface area contributed by atoms with Crippen molar-refractivity contribution in [1.29, 1.82) is 5.26 Å². The minimum Gasteiger partial charge on any atom is -0.336 e. The number of nitrogens with two attached hydrogens (primary N) is 1. The molecule has 0 aromatic rings. The Labute approximate surface area is 122 Å². The van der Waals surface area contributed by atoms with Crippen LogP contribution in [0.3, 0.4) is 0 Å². The van der Waals surface area contributed by atoms with E-state index in [1.165, 1.54) is 0 Å². The molecule has 0 bridgehead atoms. The van der Waals surface area contributed by atoms with Gasteiger partial charge in [-0.15, -0.1) is 0 Å². The molecule has 3 N–H and O–H groups in total. The van der Waals surface area contributed by atoms with E-state index in [-0.39, 0.29) is 17.4 Å². The summed E-state index contributed by atoms with van der Waals surface area (Å²) >= 11 is 0. The first-order chi connectivity index (χ1) is 9.08. The molecule has 5 heteroatoms. The third-order valence-corrected chi connectivity index (χ3v) is 4.03. The topological polar surface area (TPSA) is 82.1 Å². The summed E-state index contributed by atoms with van der Waals surface area (Å²) < 4.78 is 0. The van der Waals surface area contributed by atoms with Crippen molar-refractivity contribution in [3.05, 3.63) is 0 Å². The third-order valence-electron chi connectivity index (χ3n) is 4.03. The highest BCUT2D eigenvalue weighted by atomic mass is 16.2. The second kappa shape index (κ2) is 6.11. The van der Waals surface area contributed by atoms with Gasteiger partial charge in [0.2, 0.25) is 5.91 Å². The van der Waals surface area contributed by atoms with Crippen molar-refractivity contribution >= 4 is 5.91 Å². The van der Waals surface area contributed by atoms with Crippen molar-refractivity contribution in [3.8, 4) is 6.07 Å². The van der Waals surface area contributed by atoms with Crippen molar-refractivity contribution in [2.24, 2.45) is 11.1 Å². The van der Waals surface area contributed by atoms with Gasteiger partial charge < -0.3 is 16.0 Å². The molecule has 3 atom stereocenters. The van der Waals surface area contributed by atoms with Crippen LogP contribution < -0.4 is 11.1 Å². The Morgan fingerprint density at radius 2 is 2.20 bits per heavy atom. The van der Waals surface area contributed by atoms with Crippen LogP contribution in [0.2, 0.25) is 0 Å². The molecule has 0 spiro atoms. The van der Waals surface area contributed by atoms with Gasteiger partial charge in [0.05, 0.1) is 12.1 Å². The number of carbonyl (C=O) groups excluding carboxylic acids is 1. The van der Waals surface area contributed by atoms with Crippen molar-refractivity contribution < 1.29 is 4.79 Å². The fraction of sp³-hybridized carbons (Fsp3) is 0.867. The van der Waals surface area contributed by atoms with Crippen LogP contribution in [-0.2, 0) is 4.79 Å². The van der Waals surface area contributed by atoms with Crippen molar-refractivity contribution in [2.75, 3.05) is 13.6 Å². The molecule has 3 unspecified atom stereocenters. The monoisotopic (exact) mass is 280 g/mol. The largest absolute Gasteiger partial charge is 0.336 e. The van der Waals surface area contributed by atoms with Gasteiger partial charge >= 0.3 is 0 Å². The minimum absolute atomic E-state index is 0.00334. The number of rotatable bonds is 3. The highest BCUT2D eigenvalue weighted by molar-refractivity contribution is 5.82. The number of nitriles is 1. The van der Waals surface area contributed by atoms with Gasteiger partial charge in [-0.25, -0.2) is 0 Å². The third kappa shape index (κ3) is 4.46. The van der Waals surface area contributed by atoms with Crippen LogP contribution >= 0.6 is 0 Å². The smallest absolute Gasteiger partial charge is 0.238 e. The van der Waals surface area contributed by atoms with Gasteiger partial charge in [-0.1, -0.05) is 20.8 Å². The molecule has 0 radical (unpaired) electrons. The molecule has 0 saturated carbocycles. The lowest BCUT2D eigenvalue weighted by molar-refractivity contribution is -0.125. The predicted molar refractivity (Wildman–Crippen MR) is 79.9 cm³/mol. The van der Waals surface area contributed by atoms with Crippen LogP contribution in [-0.4, -0.2) is 42.0 Å². The molecule has 1 saturated heterocycles. The predicted octanol–water partition coefficient (Wildman–Crippen LogP) is 1.24. The first-order valence-electron chi connectivity index (χ1n) is 7.28. The fourth-order valence-electron chi connectivity index (χ4n) is 2.67. The molecule has 1 rings (SSSR count). The molecule has 0 aromatic heterocycles. The summed E-state index contributed by atoms with van der Waals surface area (Å²) in [7, 11) is 2.04. The van der Waals surface area contributed by atoms with Crippen molar-refractivity contribution in [1.82, 2.24) is 10.2 Å². The maximum Gasteiger partial charge on any atom is 0.238 e. The molecule has 1 heterocycles. The van der Waals surface area contributed by atoms with E-state index in [4.69, 9.17) is 5.73 Å². The zero-order valence-corrected chi connectivity index (χ0v) is 13.4. The number of carbonyl (C=O) groups is 1. The number of amides is 1. The van der Waals surface area contributed by atoms with Crippen LogP contribution in [0.15, 0.2) is 0 Å². The number of hydrogen-bond donors (Lipinski definition) is 2. The van der Waals surface area contributed by atoms with E-state index in [1.54, 1.807) is 0 Å². The number of likely N-dealkylation sites (tertiary alicyclic amines) is 1. The molecule has 0 aliphatic carbocycles. The number of nitrogens with one attached hydrogen (secondary N) is 1. The summed E-state index contributed by atoms with van der Waals surface area (Å²) in [6.07, 6.45) is 1.90. The Hall–Kier alpha value is -1.12. The van der Waals surface area contributed by atoms with E-state index in [2.05, 4.69) is 44.0 Å². The second-order valence-corrected chi connectivity index (χ2v) is 7.34. The van der Waals surface area contributed by atoms with Crippen LogP contribution in [0.25, 0.3) is 0 Å². The number of nitrogens with zero attached hydrogens (tertiary/aromatic N) is 2. The molecule has 0 aromatic carbocycles. The molecule has 20 heavy (non-hydrogen) atoms. The zero-order chi connectivity index (χ0) is 15.6. The van der Waals surface area contributed by atoms with Crippen LogP contribution in [0.4, 0.5) is 0 Å². The number of piperidine rings is 1.